The van der Waals surface area contributed by atoms with Crippen molar-refractivity contribution in [3.63, 3.8) is 0 Å². The summed E-state index contributed by atoms with van der Waals surface area (Å²) in [6, 6.07) is 19.9. The standard InChI is InChI=1S/C28H23N3O5/c1-35-20-13-12-16(14-21(20)36-2)26(32)25-23-22(24-19-11-7-6-8-17(19)15-29-31(24)25)27(33)30(28(23)34)18-9-4-3-5-10-18/h3-15,22-25H,1-2H3/t22-,23+,24-,25-/m1/s1. The van der Waals surface area contributed by atoms with Crippen molar-refractivity contribution in [2.75, 3.05) is 19.1 Å². The lowest BCUT2D eigenvalue weighted by molar-refractivity contribution is -0.124. The number of fused-ring (bicyclic) bond motifs is 5. The minimum atomic E-state index is -0.951. The van der Waals surface area contributed by atoms with Crippen LogP contribution in [0.5, 0.6) is 11.5 Å². The lowest BCUT2D eigenvalue weighted by Crippen LogP contribution is -2.44. The van der Waals surface area contributed by atoms with Crippen LogP contribution in [0.4, 0.5) is 5.69 Å². The lowest BCUT2D eigenvalue weighted by Gasteiger charge is -2.33. The molecule has 0 N–H and O–H groups in total. The van der Waals surface area contributed by atoms with E-state index in [9.17, 15) is 14.4 Å². The molecule has 6 rings (SSSR count). The molecule has 4 atom stereocenters. The van der Waals surface area contributed by atoms with Gasteiger partial charge in [-0.15, -0.1) is 0 Å². The van der Waals surface area contributed by atoms with E-state index in [1.807, 2.05) is 30.3 Å². The van der Waals surface area contributed by atoms with E-state index in [0.29, 0.717) is 22.7 Å². The Kier molecular flexibility index (Phi) is 5.10. The van der Waals surface area contributed by atoms with Crippen LogP contribution in [0.15, 0.2) is 77.9 Å². The van der Waals surface area contributed by atoms with Crippen LogP contribution in [0, 0.1) is 11.8 Å². The average Bonchev–Trinajstić information content (AvgIpc) is 3.40. The number of methoxy groups -OCH3 is 2. The summed E-state index contributed by atoms with van der Waals surface area (Å²) in [5, 5.41) is 6.24. The number of carbonyl (C=O) groups is 3. The molecule has 2 fully saturated rings. The number of hydrazone groups is 1. The molecule has 2 saturated heterocycles. The van der Waals surface area contributed by atoms with Crippen molar-refractivity contribution in [3.05, 3.63) is 89.5 Å². The highest BCUT2D eigenvalue weighted by Crippen LogP contribution is 2.53. The zero-order chi connectivity index (χ0) is 25.0. The van der Waals surface area contributed by atoms with E-state index in [1.165, 1.54) is 19.1 Å². The summed E-state index contributed by atoms with van der Waals surface area (Å²) < 4.78 is 10.7. The Hall–Kier alpha value is -4.46. The Balaban J connectivity index is 1.49. The van der Waals surface area contributed by atoms with Crippen LogP contribution in [0.25, 0.3) is 0 Å². The molecule has 3 aliphatic heterocycles. The van der Waals surface area contributed by atoms with Crippen LogP contribution in [0.3, 0.4) is 0 Å². The van der Waals surface area contributed by atoms with Gasteiger partial charge in [0.15, 0.2) is 17.3 Å². The molecule has 2 amide bonds. The third kappa shape index (κ3) is 3.07. The third-order valence-electron chi connectivity index (χ3n) is 7.24. The molecule has 3 aromatic rings. The average molecular weight is 482 g/mol. The summed E-state index contributed by atoms with van der Waals surface area (Å²) in [7, 11) is 3.02. The molecule has 0 spiro atoms. The summed E-state index contributed by atoms with van der Waals surface area (Å²) in [4.78, 5) is 42.9. The minimum Gasteiger partial charge on any atom is -0.493 e. The van der Waals surface area contributed by atoms with Crippen LogP contribution in [-0.2, 0) is 9.59 Å². The SMILES string of the molecule is COc1ccc(C(=O)[C@H]2[C@H]3C(=O)N(c4ccccc4)C(=O)[C@H]3[C@H]3c4ccccc4C=NN32)cc1OC. The van der Waals surface area contributed by atoms with E-state index < -0.39 is 29.8 Å². The second kappa shape index (κ2) is 8.34. The first-order chi connectivity index (χ1) is 17.5. The number of hydrogen-bond acceptors (Lipinski definition) is 7. The van der Waals surface area contributed by atoms with Gasteiger partial charge in [0.2, 0.25) is 11.8 Å². The monoisotopic (exact) mass is 481 g/mol. The second-order valence-electron chi connectivity index (χ2n) is 8.98. The van der Waals surface area contributed by atoms with Gasteiger partial charge in [0.25, 0.3) is 0 Å². The molecule has 0 saturated carbocycles. The minimum absolute atomic E-state index is 0.305. The van der Waals surface area contributed by atoms with Crippen molar-refractivity contribution in [3.8, 4) is 11.5 Å². The highest BCUT2D eigenvalue weighted by Gasteiger charge is 2.65. The Morgan fingerprint density at radius 2 is 1.53 bits per heavy atom. The third-order valence-corrected chi connectivity index (χ3v) is 7.24. The summed E-state index contributed by atoms with van der Waals surface area (Å²) in [6.45, 7) is 0. The van der Waals surface area contributed by atoms with Crippen LogP contribution in [0.1, 0.15) is 27.5 Å². The van der Waals surface area contributed by atoms with E-state index in [0.717, 1.165) is 11.1 Å². The van der Waals surface area contributed by atoms with E-state index in [1.54, 1.807) is 53.7 Å². The lowest BCUT2D eigenvalue weighted by atomic mass is 9.83. The molecule has 3 aromatic carbocycles. The van der Waals surface area contributed by atoms with E-state index in [4.69, 9.17) is 9.47 Å². The highest BCUT2D eigenvalue weighted by molar-refractivity contribution is 6.24. The smallest absolute Gasteiger partial charge is 0.240 e. The molecule has 0 bridgehead atoms. The van der Waals surface area contributed by atoms with Gasteiger partial charge in [-0.3, -0.25) is 19.4 Å². The molecule has 8 nitrogen and oxygen atoms in total. The van der Waals surface area contributed by atoms with Crippen molar-refractivity contribution >= 4 is 29.5 Å². The molecule has 3 aliphatic rings. The summed E-state index contributed by atoms with van der Waals surface area (Å²) >= 11 is 0. The van der Waals surface area contributed by atoms with Gasteiger partial charge >= 0.3 is 0 Å². The number of Topliss-reactive ketones (excluding diaryl/α,β-unsaturated/α-hetero) is 1. The first kappa shape index (κ1) is 22.0. The molecule has 0 unspecified atom stereocenters. The number of nitrogens with zero attached hydrogens (tertiary/aromatic N) is 3. The summed E-state index contributed by atoms with van der Waals surface area (Å²) in [5.74, 6) is -1.75. The maximum atomic E-state index is 14.0. The van der Waals surface area contributed by atoms with Crippen molar-refractivity contribution in [1.82, 2.24) is 5.01 Å². The van der Waals surface area contributed by atoms with Crippen LogP contribution >= 0.6 is 0 Å². The van der Waals surface area contributed by atoms with Gasteiger partial charge in [0, 0.05) is 5.56 Å². The number of anilines is 1. The number of hydrogen-bond donors (Lipinski definition) is 0. The van der Waals surface area contributed by atoms with Crippen LogP contribution < -0.4 is 14.4 Å². The zero-order valence-corrected chi connectivity index (χ0v) is 19.7. The van der Waals surface area contributed by atoms with E-state index in [-0.39, 0.29) is 11.7 Å². The quantitative estimate of drug-likeness (QED) is 0.410. The maximum Gasteiger partial charge on any atom is 0.240 e. The number of benzene rings is 3. The first-order valence-corrected chi connectivity index (χ1v) is 11.7. The number of para-hydroxylation sites is 1. The predicted octanol–water partition coefficient (Wildman–Crippen LogP) is 3.47. The molecule has 0 radical (unpaired) electrons. The van der Waals surface area contributed by atoms with Gasteiger partial charge in [0.05, 0.1) is 44.0 Å². The number of ether oxygens (including phenoxy) is 2. The highest BCUT2D eigenvalue weighted by atomic mass is 16.5. The molecule has 8 heteroatoms. The van der Waals surface area contributed by atoms with Crippen LogP contribution in [-0.4, -0.2) is 49.1 Å². The number of carbonyl (C=O) groups excluding carboxylic acids is 3. The van der Waals surface area contributed by atoms with Crippen molar-refractivity contribution in [2.24, 2.45) is 16.9 Å². The van der Waals surface area contributed by atoms with Gasteiger partial charge < -0.3 is 9.47 Å². The van der Waals surface area contributed by atoms with E-state index >= 15 is 0 Å². The van der Waals surface area contributed by atoms with Gasteiger partial charge in [0.1, 0.15) is 6.04 Å². The molecular formula is C28H23N3O5. The predicted molar refractivity (Wildman–Crippen MR) is 132 cm³/mol. The van der Waals surface area contributed by atoms with Crippen molar-refractivity contribution in [1.29, 1.82) is 0 Å². The Morgan fingerprint density at radius 1 is 0.833 bits per heavy atom. The molecule has 180 valence electrons. The molecule has 0 aliphatic carbocycles. The Morgan fingerprint density at radius 3 is 2.28 bits per heavy atom. The van der Waals surface area contributed by atoms with Crippen LogP contribution in [0.2, 0.25) is 0 Å². The summed E-state index contributed by atoms with van der Waals surface area (Å²) in [5.41, 5.74) is 2.60. The summed E-state index contributed by atoms with van der Waals surface area (Å²) in [6.07, 6.45) is 1.69. The van der Waals surface area contributed by atoms with Gasteiger partial charge in [-0.05, 0) is 41.5 Å². The number of imide groups is 1. The second-order valence-corrected chi connectivity index (χ2v) is 8.98. The number of ketones is 1. The molecule has 3 heterocycles. The first-order valence-electron chi connectivity index (χ1n) is 11.7. The van der Waals surface area contributed by atoms with Crippen molar-refractivity contribution in [2.45, 2.75) is 12.1 Å². The Labute approximate surface area is 207 Å². The molecule has 0 aromatic heterocycles. The molecule has 36 heavy (non-hydrogen) atoms. The fraction of sp³-hybridized carbons (Fsp3) is 0.214. The topological polar surface area (TPSA) is 88.5 Å². The van der Waals surface area contributed by atoms with Gasteiger partial charge in [-0.1, -0.05) is 42.5 Å². The molecular weight excluding hydrogens is 458 g/mol. The maximum absolute atomic E-state index is 14.0. The number of rotatable bonds is 5. The zero-order valence-electron chi connectivity index (χ0n) is 19.7. The normalized spacial score (nSPS) is 23.8. The van der Waals surface area contributed by atoms with Gasteiger partial charge in [-0.25, -0.2) is 4.90 Å². The fourth-order valence-electron chi connectivity index (χ4n) is 5.66. The van der Waals surface area contributed by atoms with Crippen molar-refractivity contribution < 1.29 is 23.9 Å². The fourth-order valence-corrected chi connectivity index (χ4v) is 5.66. The largest absolute Gasteiger partial charge is 0.493 e. The Bertz CT molecular complexity index is 1420. The van der Waals surface area contributed by atoms with E-state index in [2.05, 4.69) is 5.10 Å². The number of amides is 2. The van der Waals surface area contributed by atoms with Gasteiger partial charge in [-0.2, -0.15) is 5.10 Å².